The van der Waals surface area contributed by atoms with Crippen molar-refractivity contribution < 1.29 is 4.79 Å². The quantitative estimate of drug-likeness (QED) is 0.855. The van der Waals surface area contributed by atoms with Gasteiger partial charge in [-0.3, -0.25) is 4.79 Å². The zero-order valence-corrected chi connectivity index (χ0v) is 11.1. The lowest BCUT2D eigenvalue weighted by atomic mass is 9.94. The van der Waals surface area contributed by atoms with E-state index in [9.17, 15) is 4.79 Å². The van der Waals surface area contributed by atoms with Crippen LogP contribution in [0.1, 0.15) is 36.4 Å². The second-order valence-electron chi connectivity index (χ2n) is 3.86. The summed E-state index contributed by atoms with van der Waals surface area (Å²) in [5.74, 6) is -0.103. The summed E-state index contributed by atoms with van der Waals surface area (Å²) >= 11 is 7.04. The van der Waals surface area contributed by atoms with Crippen molar-refractivity contribution in [2.45, 2.75) is 32.2 Å². The highest BCUT2D eigenvalue weighted by Crippen LogP contribution is 2.21. The molecule has 1 rings (SSSR count). The number of hydrogen-bond donors (Lipinski definition) is 2. The van der Waals surface area contributed by atoms with E-state index in [2.05, 4.69) is 5.32 Å². The Bertz CT molecular complexity index is 361. The Balaban J connectivity index is 2.53. The summed E-state index contributed by atoms with van der Waals surface area (Å²) in [6, 6.07) is 3.44. The summed E-state index contributed by atoms with van der Waals surface area (Å²) in [5.41, 5.74) is 5.78. The number of nitrogens with one attached hydrogen (secondary N) is 1. The van der Waals surface area contributed by atoms with E-state index in [1.807, 2.05) is 13.8 Å². The van der Waals surface area contributed by atoms with Crippen LogP contribution in [-0.2, 0) is 0 Å². The van der Waals surface area contributed by atoms with Gasteiger partial charge in [-0.2, -0.15) is 0 Å². The van der Waals surface area contributed by atoms with Gasteiger partial charge in [0.15, 0.2) is 0 Å². The number of nitrogens with two attached hydrogens (primary N) is 1. The fraction of sp³-hybridized carbons (Fsp3) is 0.545. The third kappa shape index (κ3) is 3.47. The average Bonchev–Trinajstić information content (AvgIpc) is 2.72. The smallest absolute Gasteiger partial charge is 0.261 e. The first-order chi connectivity index (χ1) is 7.50. The summed E-state index contributed by atoms with van der Waals surface area (Å²) < 4.78 is 0.621. The third-order valence-corrected chi connectivity index (χ3v) is 4.04. The molecule has 90 valence electrons. The van der Waals surface area contributed by atoms with E-state index in [1.54, 1.807) is 12.1 Å². The number of hydrogen-bond acceptors (Lipinski definition) is 3. The predicted molar refractivity (Wildman–Crippen MR) is 69.2 cm³/mol. The Labute approximate surface area is 105 Å². The van der Waals surface area contributed by atoms with Gasteiger partial charge >= 0.3 is 0 Å². The molecule has 3 N–H and O–H groups in total. The van der Waals surface area contributed by atoms with Crippen LogP contribution in [0.3, 0.4) is 0 Å². The third-order valence-electron chi connectivity index (χ3n) is 2.81. The lowest BCUT2D eigenvalue weighted by Crippen LogP contribution is -2.49. The Morgan fingerprint density at radius 1 is 1.50 bits per heavy atom. The molecule has 0 saturated carbocycles. The van der Waals surface area contributed by atoms with Gasteiger partial charge in [0, 0.05) is 12.1 Å². The summed E-state index contributed by atoms with van der Waals surface area (Å²) in [7, 11) is 0. The van der Waals surface area contributed by atoms with Crippen LogP contribution in [0.4, 0.5) is 0 Å². The van der Waals surface area contributed by atoms with E-state index < -0.39 is 0 Å². The number of carbonyl (C=O) groups is 1. The van der Waals surface area contributed by atoms with Crippen molar-refractivity contribution in [2.24, 2.45) is 5.73 Å². The molecule has 1 aromatic rings. The van der Waals surface area contributed by atoms with Gasteiger partial charge in [0.1, 0.15) is 0 Å². The average molecular weight is 261 g/mol. The summed E-state index contributed by atoms with van der Waals surface area (Å²) in [6.07, 6.45) is 1.68. The van der Waals surface area contributed by atoms with Crippen molar-refractivity contribution in [1.82, 2.24) is 5.32 Å². The molecule has 0 spiro atoms. The molecule has 0 aliphatic carbocycles. The van der Waals surface area contributed by atoms with Crippen LogP contribution >= 0.6 is 22.9 Å². The van der Waals surface area contributed by atoms with Crippen LogP contribution in [0, 0.1) is 0 Å². The number of rotatable bonds is 5. The SMILES string of the molecule is CCC(N)(CC)CNC(=O)c1ccc(Cl)s1. The maximum absolute atomic E-state index is 11.7. The maximum Gasteiger partial charge on any atom is 0.261 e. The molecule has 0 radical (unpaired) electrons. The van der Waals surface area contributed by atoms with Crippen LogP contribution < -0.4 is 11.1 Å². The number of thiophene rings is 1. The van der Waals surface area contributed by atoms with E-state index in [0.29, 0.717) is 15.8 Å². The molecule has 1 heterocycles. The minimum Gasteiger partial charge on any atom is -0.349 e. The molecule has 0 aromatic carbocycles. The highest BCUT2D eigenvalue weighted by molar-refractivity contribution is 7.17. The van der Waals surface area contributed by atoms with E-state index in [-0.39, 0.29) is 11.4 Å². The normalized spacial score (nSPS) is 11.5. The lowest BCUT2D eigenvalue weighted by molar-refractivity contribution is 0.0946. The molecule has 16 heavy (non-hydrogen) atoms. The molecule has 1 amide bonds. The van der Waals surface area contributed by atoms with Crippen molar-refractivity contribution >= 4 is 28.8 Å². The van der Waals surface area contributed by atoms with Gasteiger partial charge in [-0.05, 0) is 25.0 Å². The summed E-state index contributed by atoms with van der Waals surface area (Å²) in [5, 5.41) is 2.84. The van der Waals surface area contributed by atoms with Gasteiger partial charge in [-0.1, -0.05) is 25.4 Å². The van der Waals surface area contributed by atoms with Crippen LogP contribution in [0.2, 0.25) is 4.34 Å². The van der Waals surface area contributed by atoms with Crippen LogP contribution in [0.5, 0.6) is 0 Å². The standard InChI is InChI=1S/C11H17ClN2OS/c1-3-11(13,4-2)7-14-10(15)8-5-6-9(12)16-8/h5-6H,3-4,7,13H2,1-2H3,(H,14,15). The van der Waals surface area contributed by atoms with E-state index in [0.717, 1.165) is 12.8 Å². The highest BCUT2D eigenvalue weighted by atomic mass is 35.5. The van der Waals surface area contributed by atoms with Crippen molar-refractivity contribution in [3.05, 3.63) is 21.3 Å². The van der Waals surface area contributed by atoms with Crippen LogP contribution in [0.15, 0.2) is 12.1 Å². The molecule has 5 heteroatoms. The zero-order chi connectivity index (χ0) is 12.2. The first-order valence-electron chi connectivity index (χ1n) is 5.33. The van der Waals surface area contributed by atoms with E-state index in [1.165, 1.54) is 11.3 Å². The number of halogens is 1. The Kier molecular flexibility index (Phi) is 4.77. The Morgan fingerprint density at radius 2 is 2.12 bits per heavy atom. The topological polar surface area (TPSA) is 55.1 Å². The monoisotopic (exact) mass is 260 g/mol. The molecule has 3 nitrogen and oxygen atoms in total. The van der Waals surface area contributed by atoms with Crippen LogP contribution in [-0.4, -0.2) is 18.0 Å². The minimum atomic E-state index is -0.309. The van der Waals surface area contributed by atoms with Crippen molar-refractivity contribution in [1.29, 1.82) is 0 Å². The lowest BCUT2D eigenvalue weighted by Gasteiger charge is -2.26. The van der Waals surface area contributed by atoms with Gasteiger partial charge in [0.25, 0.3) is 5.91 Å². The molecular weight excluding hydrogens is 244 g/mol. The molecule has 0 bridgehead atoms. The molecule has 0 atom stereocenters. The number of amides is 1. The van der Waals surface area contributed by atoms with Gasteiger partial charge < -0.3 is 11.1 Å². The predicted octanol–water partition coefficient (Wildman–Crippen LogP) is 2.65. The van der Waals surface area contributed by atoms with Gasteiger partial charge in [-0.15, -0.1) is 11.3 Å². The van der Waals surface area contributed by atoms with Gasteiger partial charge in [0.05, 0.1) is 9.21 Å². The van der Waals surface area contributed by atoms with Crippen molar-refractivity contribution in [3.63, 3.8) is 0 Å². The molecule has 0 aliphatic rings. The first kappa shape index (κ1) is 13.5. The largest absolute Gasteiger partial charge is 0.349 e. The maximum atomic E-state index is 11.7. The number of carbonyl (C=O) groups excluding carboxylic acids is 1. The Morgan fingerprint density at radius 3 is 2.56 bits per heavy atom. The highest BCUT2D eigenvalue weighted by Gasteiger charge is 2.21. The van der Waals surface area contributed by atoms with E-state index >= 15 is 0 Å². The zero-order valence-electron chi connectivity index (χ0n) is 9.55. The molecule has 0 saturated heterocycles. The second-order valence-corrected chi connectivity index (χ2v) is 5.57. The van der Waals surface area contributed by atoms with Gasteiger partial charge in [-0.25, -0.2) is 0 Å². The molecule has 0 unspecified atom stereocenters. The van der Waals surface area contributed by atoms with Crippen molar-refractivity contribution in [2.75, 3.05) is 6.54 Å². The first-order valence-corrected chi connectivity index (χ1v) is 6.52. The fourth-order valence-electron chi connectivity index (χ4n) is 1.28. The van der Waals surface area contributed by atoms with Gasteiger partial charge in [0.2, 0.25) is 0 Å². The van der Waals surface area contributed by atoms with Crippen molar-refractivity contribution in [3.8, 4) is 0 Å². The molecule has 0 aliphatic heterocycles. The fourth-order valence-corrected chi connectivity index (χ4v) is 2.24. The molecule has 1 aromatic heterocycles. The summed E-state index contributed by atoms with van der Waals surface area (Å²) in [4.78, 5) is 12.3. The Hall–Kier alpha value is -0.580. The second kappa shape index (κ2) is 5.66. The molecule has 0 fully saturated rings. The summed E-state index contributed by atoms with van der Waals surface area (Å²) in [6.45, 7) is 4.55. The van der Waals surface area contributed by atoms with Crippen LogP contribution in [0.25, 0.3) is 0 Å². The molecular formula is C11H17ClN2OS. The minimum absolute atomic E-state index is 0.103. The van der Waals surface area contributed by atoms with E-state index in [4.69, 9.17) is 17.3 Å².